The summed E-state index contributed by atoms with van der Waals surface area (Å²) in [7, 11) is 2.23. The summed E-state index contributed by atoms with van der Waals surface area (Å²) >= 11 is 0. The van der Waals surface area contributed by atoms with Crippen molar-refractivity contribution in [2.45, 2.75) is 65.7 Å². The Balaban J connectivity index is 2.16. The highest BCUT2D eigenvalue weighted by molar-refractivity contribution is 5.88. The molecule has 140 valence electrons. The monoisotopic (exact) mass is 358 g/mol. The highest BCUT2D eigenvalue weighted by Gasteiger charge is 2.41. The Labute approximate surface area is 164 Å². The fraction of sp³-hybridized carbons (Fsp3) is 0.423. The summed E-state index contributed by atoms with van der Waals surface area (Å²) in [6, 6.07) is 14.0. The lowest BCUT2D eigenvalue weighted by atomic mass is 9.62. The van der Waals surface area contributed by atoms with Crippen LogP contribution in [0.1, 0.15) is 61.9 Å². The van der Waals surface area contributed by atoms with Crippen molar-refractivity contribution in [1.29, 1.82) is 0 Å². The van der Waals surface area contributed by atoms with Crippen LogP contribution in [-0.4, -0.2) is 0 Å². The molecule has 4 rings (SSSR count). The van der Waals surface area contributed by atoms with E-state index in [-0.39, 0.29) is 10.8 Å². The molecule has 0 aliphatic heterocycles. The Bertz CT molecular complexity index is 1080. The maximum atomic E-state index is 2.47. The normalized spacial score (nSPS) is 17.3. The smallest absolute Gasteiger partial charge is 0.194 e. The predicted octanol–water partition coefficient (Wildman–Crippen LogP) is 6.22. The van der Waals surface area contributed by atoms with E-state index < -0.39 is 0 Å². The van der Waals surface area contributed by atoms with E-state index in [1.165, 1.54) is 56.4 Å². The van der Waals surface area contributed by atoms with Gasteiger partial charge in [-0.2, -0.15) is 4.57 Å². The molecule has 1 aromatic heterocycles. The first kappa shape index (κ1) is 18.2. The van der Waals surface area contributed by atoms with Crippen molar-refractivity contribution in [2.24, 2.45) is 7.05 Å². The average Bonchev–Trinajstić information content (AvgIpc) is 2.56. The van der Waals surface area contributed by atoms with Crippen LogP contribution in [0, 0.1) is 20.8 Å². The Morgan fingerprint density at radius 2 is 1.52 bits per heavy atom. The van der Waals surface area contributed by atoms with Crippen LogP contribution in [-0.2, 0) is 17.9 Å². The van der Waals surface area contributed by atoms with Gasteiger partial charge in [0.15, 0.2) is 0 Å². The maximum absolute atomic E-state index is 2.47. The minimum absolute atomic E-state index is 0.159. The molecular weight excluding hydrogens is 326 g/mol. The molecule has 1 heterocycles. The zero-order chi connectivity index (χ0) is 19.7. The van der Waals surface area contributed by atoms with Crippen LogP contribution in [0.2, 0.25) is 0 Å². The van der Waals surface area contributed by atoms with Gasteiger partial charge in [-0.1, -0.05) is 51.5 Å². The van der Waals surface area contributed by atoms with E-state index >= 15 is 0 Å². The summed E-state index contributed by atoms with van der Waals surface area (Å²) in [6.07, 6.45) is 1.17. The third kappa shape index (κ3) is 2.63. The number of benzene rings is 2. The Hall–Kier alpha value is -2.15. The third-order valence-corrected chi connectivity index (χ3v) is 6.75. The fourth-order valence-corrected chi connectivity index (χ4v) is 5.50. The van der Waals surface area contributed by atoms with Crippen LogP contribution >= 0.6 is 0 Å². The van der Waals surface area contributed by atoms with Gasteiger partial charge in [0.25, 0.3) is 0 Å². The lowest BCUT2D eigenvalue weighted by Crippen LogP contribution is -2.39. The van der Waals surface area contributed by atoms with Gasteiger partial charge in [0, 0.05) is 17.7 Å². The minimum atomic E-state index is 0.159. The molecule has 0 bridgehead atoms. The van der Waals surface area contributed by atoms with Crippen LogP contribution in [0.5, 0.6) is 0 Å². The number of hydrogen-bond acceptors (Lipinski definition) is 0. The highest BCUT2D eigenvalue weighted by atomic mass is 14.9. The maximum Gasteiger partial charge on any atom is 0.213 e. The van der Waals surface area contributed by atoms with Crippen molar-refractivity contribution in [3.8, 4) is 11.3 Å². The highest BCUT2D eigenvalue weighted by Crippen LogP contribution is 2.49. The molecule has 0 fully saturated rings. The number of aryl methyl sites for hydroxylation is 3. The number of pyridine rings is 1. The molecular formula is C26H32N+. The molecule has 0 unspecified atom stereocenters. The van der Waals surface area contributed by atoms with Crippen LogP contribution in [0.4, 0.5) is 0 Å². The van der Waals surface area contributed by atoms with Crippen molar-refractivity contribution in [3.63, 3.8) is 0 Å². The van der Waals surface area contributed by atoms with Gasteiger partial charge in [0.1, 0.15) is 7.05 Å². The first-order chi connectivity index (χ1) is 12.5. The molecule has 0 radical (unpaired) electrons. The molecule has 3 aromatic rings. The molecule has 0 atom stereocenters. The Morgan fingerprint density at radius 1 is 0.852 bits per heavy atom. The zero-order valence-electron chi connectivity index (χ0n) is 18.1. The van der Waals surface area contributed by atoms with E-state index in [9.17, 15) is 0 Å². The SMILES string of the molecule is Cc1cc(C)c(C)c(-c2cc3c4c(cccc4[n+]2C)C(C)(C)CC3(C)C)c1. The summed E-state index contributed by atoms with van der Waals surface area (Å²) in [6.45, 7) is 16.3. The van der Waals surface area contributed by atoms with Gasteiger partial charge in [-0.3, -0.25) is 0 Å². The number of aromatic nitrogens is 1. The summed E-state index contributed by atoms with van der Waals surface area (Å²) in [5.74, 6) is 0. The summed E-state index contributed by atoms with van der Waals surface area (Å²) in [5.41, 5.74) is 11.5. The molecule has 1 heteroatoms. The van der Waals surface area contributed by atoms with Crippen LogP contribution in [0.25, 0.3) is 22.2 Å². The van der Waals surface area contributed by atoms with Crippen molar-refractivity contribution in [3.05, 3.63) is 64.2 Å². The van der Waals surface area contributed by atoms with E-state index in [4.69, 9.17) is 0 Å². The molecule has 0 saturated carbocycles. The first-order valence-electron chi connectivity index (χ1n) is 10.1. The second-order valence-electron chi connectivity index (χ2n) is 9.90. The molecule has 0 spiro atoms. The minimum Gasteiger partial charge on any atom is -0.194 e. The summed E-state index contributed by atoms with van der Waals surface area (Å²) in [5, 5.41) is 1.46. The van der Waals surface area contributed by atoms with Gasteiger partial charge in [0.2, 0.25) is 11.2 Å². The van der Waals surface area contributed by atoms with Gasteiger partial charge >= 0.3 is 0 Å². The molecule has 0 N–H and O–H groups in total. The van der Waals surface area contributed by atoms with E-state index in [1.54, 1.807) is 0 Å². The number of rotatable bonds is 1. The standard InChI is InChI=1S/C26H32N/c1-16-12-17(2)18(3)19(13-16)23-14-21-24-20(10-9-11-22(24)27(23)8)25(4,5)15-26(21,6)7/h9-14H,15H2,1-8H3/q+1. The van der Waals surface area contributed by atoms with Crippen LogP contribution in [0.15, 0.2) is 36.4 Å². The van der Waals surface area contributed by atoms with E-state index in [0.29, 0.717) is 0 Å². The second-order valence-corrected chi connectivity index (χ2v) is 9.90. The molecule has 0 saturated heterocycles. The Kier molecular flexibility index (Phi) is 3.83. The van der Waals surface area contributed by atoms with Crippen molar-refractivity contribution in [1.82, 2.24) is 0 Å². The lowest BCUT2D eigenvalue weighted by Gasteiger charge is -2.41. The largest absolute Gasteiger partial charge is 0.213 e. The van der Waals surface area contributed by atoms with E-state index in [2.05, 4.69) is 96.5 Å². The van der Waals surface area contributed by atoms with Crippen LogP contribution in [0.3, 0.4) is 0 Å². The Morgan fingerprint density at radius 3 is 2.22 bits per heavy atom. The molecule has 0 amide bonds. The van der Waals surface area contributed by atoms with Gasteiger partial charge in [-0.05, 0) is 66.3 Å². The summed E-state index contributed by atoms with van der Waals surface area (Å²) < 4.78 is 2.40. The van der Waals surface area contributed by atoms with Gasteiger partial charge in [-0.25, -0.2) is 0 Å². The van der Waals surface area contributed by atoms with Gasteiger partial charge in [-0.15, -0.1) is 0 Å². The zero-order valence-corrected chi connectivity index (χ0v) is 18.1. The quantitative estimate of drug-likeness (QED) is 0.455. The topological polar surface area (TPSA) is 3.88 Å². The molecule has 1 aliphatic rings. The van der Waals surface area contributed by atoms with Crippen molar-refractivity contribution >= 4 is 10.9 Å². The lowest BCUT2D eigenvalue weighted by molar-refractivity contribution is -0.633. The molecule has 1 nitrogen and oxygen atoms in total. The predicted molar refractivity (Wildman–Crippen MR) is 115 cm³/mol. The van der Waals surface area contributed by atoms with Crippen LogP contribution < -0.4 is 4.57 Å². The van der Waals surface area contributed by atoms with Gasteiger partial charge < -0.3 is 0 Å². The van der Waals surface area contributed by atoms with Gasteiger partial charge in [0.05, 0.1) is 5.39 Å². The number of nitrogens with zero attached hydrogens (tertiary/aromatic N) is 1. The molecule has 2 aromatic carbocycles. The van der Waals surface area contributed by atoms with Crippen molar-refractivity contribution in [2.75, 3.05) is 0 Å². The first-order valence-corrected chi connectivity index (χ1v) is 10.1. The second kappa shape index (κ2) is 5.67. The fourth-order valence-electron chi connectivity index (χ4n) is 5.50. The number of hydrogen-bond donors (Lipinski definition) is 0. The molecule has 1 aliphatic carbocycles. The third-order valence-electron chi connectivity index (χ3n) is 6.75. The average molecular weight is 359 g/mol. The molecule has 27 heavy (non-hydrogen) atoms. The van der Waals surface area contributed by atoms with E-state index in [1.807, 2.05) is 0 Å². The van der Waals surface area contributed by atoms with E-state index in [0.717, 1.165) is 0 Å². The van der Waals surface area contributed by atoms with Crippen molar-refractivity contribution < 1.29 is 4.57 Å². The summed E-state index contributed by atoms with van der Waals surface area (Å²) in [4.78, 5) is 0.